The zero-order valence-electron chi connectivity index (χ0n) is 16.8. The van der Waals surface area contributed by atoms with Crippen LogP contribution >= 0.6 is 11.3 Å². The van der Waals surface area contributed by atoms with E-state index in [0.29, 0.717) is 12.0 Å². The summed E-state index contributed by atoms with van der Waals surface area (Å²) >= 11 is 1.43. The van der Waals surface area contributed by atoms with Gasteiger partial charge in [-0.2, -0.15) is 11.3 Å². The molecule has 1 aromatic heterocycles. The number of thiophene rings is 1. The smallest absolute Gasteiger partial charge is 0.252 e. The van der Waals surface area contributed by atoms with E-state index in [-0.39, 0.29) is 29.6 Å². The lowest BCUT2D eigenvalue weighted by molar-refractivity contribution is -0.131. The van der Waals surface area contributed by atoms with Crippen molar-refractivity contribution in [2.45, 2.75) is 71.6 Å². The molecule has 0 aromatic carbocycles. The fourth-order valence-corrected chi connectivity index (χ4v) is 3.77. The van der Waals surface area contributed by atoms with Crippen LogP contribution in [0.15, 0.2) is 16.8 Å². The molecule has 1 aromatic rings. The maximum absolute atomic E-state index is 13.1. The number of Topliss-reactive ketones (excluding diaryl/α,β-unsaturated/α-hetero) is 1. The molecule has 2 amide bonds. The van der Waals surface area contributed by atoms with Gasteiger partial charge in [0.1, 0.15) is 18.2 Å². The molecule has 0 aliphatic carbocycles. The van der Waals surface area contributed by atoms with Crippen molar-refractivity contribution in [3.63, 3.8) is 0 Å². The minimum atomic E-state index is -1.07. The van der Waals surface area contributed by atoms with Crippen molar-refractivity contribution in [3.05, 3.63) is 22.4 Å². The molecule has 1 aliphatic heterocycles. The van der Waals surface area contributed by atoms with E-state index in [0.717, 1.165) is 12.8 Å². The molecule has 6 nitrogen and oxygen atoms in total. The molecule has 1 aliphatic rings. The molecule has 1 saturated heterocycles. The summed E-state index contributed by atoms with van der Waals surface area (Å²) < 4.78 is 5.39. The van der Waals surface area contributed by atoms with Gasteiger partial charge in [-0.3, -0.25) is 14.4 Å². The Bertz CT molecular complexity index is 684. The number of carbonyl (C=O) groups excluding carboxylic acids is 3. The standard InChI is InChI=1S/C20H30N2O4S/c1-6-19(4,7-2)10-15(21-17(24)14-8-9-27-12-14)18(25)22-20(5)13(3)26-11-16(20)23/h8-9,12-13,15H,6-7,10-11H2,1-5H3,(H,21,24)(H,22,25). The van der Waals surface area contributed by atoms with Crippen LogP contribution in [-0.4, -0.2) is 41.9 Å². The number of amides is 2. The SMILES string of the molecule is CCC(C)(CC)CC(NC(=O)c1ccsc1)C(=O)NC1(C)C(=O)COC1C. The molecule has 0 bridgehead atoms. The Morgan fingerprint density at radius 1 is 1.41 bits per heavy atom. The van der Waals surface area contributed by atoms with E-state index in [4.69, 9.17) is 4.74 Å². The van der Waals surface area contributed by atoms with Crippen LogP contribution in [-0.2, 0) is 14.3 Å². The highest BCUT2D eigenvalue weighted by Crippen LogP contribution is 2.32. The molecular weight excluding hydrogens is 364 g/mol. The molecule has 2 heterocycles. The van der Waals surface area contributed by atoms with E-state index < -0.39 is 17.7 Å². The van der Waals surface area contributed by atoms with Crippen LogP contribution in [0.3, 0.4) is 0 Å². The van der Waals surface area contributed by atoms with Gasteiger partial charge < -0.3 is 15.4 Å². The molecule has 0 radical (unpaired) electrons. The predicted molar refractivity (Wildman–Crippen MR) is 106 cm³/mol. The second-order valence-corrected chi connectivity index (χ2v) is 8.61. The Labute approximate surface area is 165 Å². The van der Waals surface area contributed by atoms with E-state index in [2.05, 4.69) is 31.4 Å². The fraction of sp³-hybridized carbons (Fsp3) is 0.650. The normalized spacial score (nSPS) is 23.9. The first-order chi connectivity index (χ1) is 12.6. The number of carbonyl (C=O) groups is 3. The Hall–Kier alpha value is -1.73. The van der Waals surface area contributed by atoms with Crippen molar-refractivity contribution in [3.8, 4) is 0 Å². The lowest BCUT2D eigenvalue weighted by atomic mass is 9.78. The van der Waals surface area contributed by atoms with Crippen molar-refractivity contribution in [2.75, 3.05) is 6.61 Å². The van der Waals surface area contributed by atoms with Crippen LogP contribution in [0.5, 0.6) is 0 Å². The third-order valence-corrected chi connectivity index (χ3v) is 6.73. The van der Waals surface area contributed by atoms with Gasteiger partial charge in [0.2, 0.25) is 5.91 Å². The Balaban J connectivity index is 2.21. The number of hydrogen-bond acceptors (Lipinski definition) is 5. The molecule has 3 atom stereocenters. The lowest BCUT2D eigenvalue weighted by Gasteiger charge is -2.34. The van der Waals surface area contributed by atoms with Crippen LogP contribution in [0.1, 0.15) is 64.2 Å². The highest BCUT2D eigenvalue weighted by Gasteiger charge is 2.47. The van der Waals surface area contributed by atoms with Gasteiger partial charge in [-0.25, -0.2) is 0 Å². The quantitative estimate of drug-likeness (QED) is 0.710. The Morgan fingerprint density at radius 3 is 2.56 bits per heavy atom. The van der Waals surface area contributed by atoms with E-state index in [1.54, 1.807) is 25.3 Å². The van der Waals surface area contributed by atoms with Crippen molar-refractivity contribution >= 4 is 28.9 Å². The zero-order valence-corrected chi connectivity index (χ0v) is 17.6. The summed E-state index contributed by atoms with van der Waals surface area (Å²) in [6.45, 7) is 9.71. The Morgan fingerprint density at radius 2 is 2.07 bits per heavy atom. The van der Waals surface area contributed by atoms with Gasteiger partial charge >= 0.3 is 0 Å². The molecule has 0 saturated carbocycles. The van der Waals surface area contributed by atoms with Crippen molar-refractivity contribution in [2.24, 2.45) is 5.41 Å². The van der Waals surface area contributed by atoms with Crippen LogP contribution in [0.4, 0.5) is 0 Å². The van der Waals surface area contributed by atoms with Crippen molar-refractivity contribution in [1.29, 1.82) is 0 Å². The minimum absolute atomic E-state index is 0.00842. The second-order valence-electron chi connectivity index (χ2n) is 7.83. The predicted octanol–water partition coefficient (Wildman–Crippen LogP) is 2.93. The maximum Gasteiger partial charge on any atom is 0.252 e. The van der Waals surface area contributed by atoms with Gasteiger partial charge in [-0.15, -0.1) is 0 Å². The lowest BCUT2D eigenvalue weighted by Crippen LogP contribution is -2.60. The Kier molecular flexibility index (Phi) is 6.81. The van der Waals surface area contributed by atoms with Crippen LogP contribution < -0.4 is 10.6 Å². The monoisotopic (exact) mass is 394 g/mol. The summed E-state index contributed by atoms with van der Waals surface area (Å²) in [6.07, 6.45) is 1.86. The summed E-state index contributed by atoms with van der Waals surface area (Å²) in [5, 5.41) is 9.29. The van der Waals surface area contributed by atoms with Crippen LogP contribution in [0.2, 0.25) is 0 Å². The van der Waals surface area contributed by atoms with Gasteiger partial charge in [0.25, 0.3) is 5.91 Å². The first-order valence-corrected chi connectivity index (χ1v) is 10.4. The molecule has 27 heavy (non-hydrogen) atoms. The van der Waals surface area contributed by atoms with Crippen LogP contribution in [0, 0.1) is 5.41 Å². The number of nitrogens with one attached hydrogen (secondary N) is 2. The molecule has 7 heteroatoms. The maximum atomic E-state index is 13.1. The van der Waals surface area contributed by atoms with E-state index >= 15 is 0 Å². The van der Waals surface area contributed by atoms with Gasteiger partial charge in [-0.05, 0) is 37.1 Å². The first-order valence-electron chi connectivity index (χ1n) is 9.45. The molecule has 0 spiro atoms. The second kappa shape index (κ2) is 8.52. The summed E-state index contributed by atoms with van der Waals surface area (Å²) in [5.74, 6) is -0.780. The van der Waals surface area contributed by atoms with E-state index in [9.17, 15) is 14.4 Å². The molecule has 1 fully saturated rings. The molecule has 3 unspecified atom stereocenters. The largest absolute Gasteiger partial charge is 0.368 e. The fourth-order valence-electron chi connectivity index (χ4n) is 3.13. The first kappa shape index (κ1) is 21.6. The summed E-state index contributed by atoms with van der Waals surface area (Å²) in [4.78, 5) is 37.9. The van der Waals surface area contributed by atoms with Gasteiger partial charge in [0, 0.05) is 5.38 Å². The summed E-state index contributed by atoms with van der Waals surface area (Å²) in [7, 11) is 0. The number of ether oxygens (including phenoxy) is 1. The molecule has 2 rings (SSSR count). The summed E-state index contributed by atoms with van der Waals surface area (Å²) in [6, 6.07) is 1.01. The van der Waals surface area contributed by atoms with Crippen molar-refractivity contribution in [1.82, 2.24) is 10.6 Å². The van der Waals surface area contributed by atoms with Gasteiger partial charge in [0.15, 0.2) is 5.78 Å². The number of rotatable bonds is 8. The van der Waals surface area contributed by atoms with E-state index in [1.165, 1.54) is 11.3 Å². The van der Waals surface area contributed by atoms with Crippen molar-refractivity contribution < 1.29 is 19.1 Å². The number of hydrogen-bond donors (Lipinski definition) is 2. The average molecular weight is 395 g/mol. The third-order valence-electron chi connectivity index (χ3n) is 6.05. The highest BCUT2D eigenvalue weighted by atomic mass is 32.1. The topological polar surface area (TPSA) is 84.5 Å². The molecule has 2 N–H and O–H groups in total. The van der Waals surface area contributed by atoms with Gasteiger partial charge in [-0.1, -0.05) is 33.6 Å². The zero-order chi connectivity index (χ0) is 20.2. The molecule has 150 valence electrons. The minimum Gasteiger partial charge on any atom is -0.368 e. The van der Waals surface area contributed by atoms with E-state index in [1.807, 2.05) is 5.38 Å². The number of ketones is 1. The highest BCUT2D eigenvalue weighted by molar-refractivity contribution is 7.08. The summed E-state index contributed by atoms with van der Waals surface area (Å²) in [5.41, 5.74) is -0.628. The average Bonchev–Trinajstić information content (AvgIpc) is 3.26. The van der Waals surface area contributed by atoms with Crippen LogP contribution in [0.25, 0.3) is 0 Å². The third kappa shape index (κ3) is 4.76. The molecular formula is C20H30N2O4S. The van der Waals surface area contributed by atoms with Gasteiger partial charge in [0.05, 0.1) is 11.7 Å².